The zero-order valence-electron chi connectivity index (χ0n) is 7.72. The maximum Gasteiger partial charge on any atom is 0.0958 e. The lowest BCUT2D eigenvalue weighted by molar-refractivity contribution is -0.173. The Bertz CT molecular complexity index is 176. The van der Waals surface area contributed by atoms with E-state index in [0.29, 0.717) is 13.2 Å². The molecule has 1 heterocycles. The molecule has 1 aliphatic carbocycles. The van der Waals surface area contributed by atoms with Gasteiger partial charge in [-0.05, 0) is 12.8 Å². The van der Waals surface area contributed by atoms with Crippen LogP contribution in [0.1, 0.15) is 25.7 Å². The zero-order valence-corrected chi connectivity index (χ0v) is 7.72. The highest BCUT2D eigenvalue weighted by molar-refractivity contribution is 4.82. The number of aliphatic hydroxyl groups excluding tert-OH is 2. The van der Waals surface area contributed by atoms with Crippen LogP contribution in [0.15, 0.2) is 0 Å². The van der Waals surface area contributed by atoms with Crippen molar-refractivity contribution in [3.8, 4) is 0 Å². The molecule has 4 nitrogen and oxygen atoms in total. The summed E-state index contributed by atoms with van der Waals surface area (Å²) in [4.78, 5) is 5.30. The van der Waals surface area contributed by atoms with Crippen LogP contribution in [0.5, 0.6) is 0 Å². The fourth-order valence-corrected chi connectivity index (χ4v) is 2.15. The van der Waals surface area contributed by atoms with Gasteiger partial charge >= 0.3 is 0 Å². The van der Waals surface area contributed by atoms with E-state index >= 15 is 0 Å². The third-order valence-electron chi connectivity index (χ3n) is 2.89. The van der Waals surface area contributed by atoms with Crippen LogP contribution in [0.3, 0.4) is 0 Å². The maximum absolute atomic E-state index is 9.71. The van der Waals surface area contributed by atoms with Gasteiger partial charge in [0, 0.05) is 0 Å². The van der Waals surface area contributed by atoms with Crippen LogP contribution in [-0.4, -0.2) is 46.7 Å². The van der Waals surface area contributed by atoms with E-state index < -0.39 is 0 Å². The lowest BCUT2D eigenvalue weighted by atomic mass is 9.92. The molecule has 2 aliphatic rings. The molecule has 3 atom stereocenters. The first kappa shape index (κ1) is 9.40. The minimum atomic E-state index is -0.380. The Morgan fingerprint density at radius 1 is 1.15 bits per heavy atom. The van der Waals surface area contributed by atoms with E-state index in [9.17, 15) is 10.2 Å². The highest BCUT2D eigenvalue weighted by Gasteiger charge is 2.34. The third kappa shape index (κ3) is 2.02. The van der Waals surface area contributed by atoms with Crippen molar-refractivity contribution in [1.29, 1.82) is 0 Å². The SMILES string of the molecule is OC1CCCCC1N1C[C@@H](O)CO1. The molecule has 0 aromatic carbocycles. The van der Waals surface area contributed by atoms with Gasteiger partial charge in [-0.15, -0.1) is 0 Å². The molecule has 1 aliphatic heterocycles. The molecule has 76 valence electrons. The highest BCUT2D eigenvalue weighted by atomic mass is 16.7. The number of hydrogen-bond acceptors (Lipinski definition) is 4. The van der Waals surface area contributed by atoms with Crippen molar-refractivity contribution in [1.82, 2.24) is 5.06 Å². The van der Waals surface area contributed by atoms with Gasteiger partial charge in [-0.3, -0.25) is 4.84 Å². The summed E-state index contributed by atoms with van der Waals surface area (Å²) in [6.07, 6.45) is 3.44. The summed E-state index contributed by atoms with van der Waals surface area (Å²) in [6.45, 7) is 0.922. The Morgan fingerprint density at radius 2 is 1.92 bits per heavy atom. The van der Waals surface area contributed by atoms with E-state index in [1.807, 2.05) is 0 Å². The number of hydroxylamine groups is 2. The monoisotopic (exact) mass is 187 g/mol. The summed E-state index contributed by atoms with van der Waals surface area (Å²) < 4.78 is 0. The second kappa shape index (κ2) is 3.92. The van der Waals surface area contributed by atoms with Gasteiger partial charge in [-0.25, -0.2) is 0 Å². The Kier molecular flexibility index (Phi) is 2.83. The van der Waals surface area contributed by atoms with E-state index in [2.05, 4.69) is 0 Å². The van der Waals surface area contributed by atoms with Crippen LogP contribution >= 0.6 is 0 Å². The summed E-state index contributed by atoms with van der Waals surface area (Å²) in [5, 5.41) is 20.7. The van der Waals surface area contributed by atoms with Crippen molar-refractivity contribution in [2.75, 3.05) is 13.2 Å². The number of hydrogen-bond donors (Lipinski definition) is 2. The second-order valence-electron chi connectivity index (χ2n) is 3.97. The number of rotatable bonds is 1. The summed E-state index contributed by atoms with van der Waals surface area (Å²) in [7, 11) is 0. The molecular formula is C9H17NO3. The average Bonchev–Trinajstić information content (AvgIpc) is 2.53. The van der Waals surface area contributed by atoms with E-state index in [-0.39, 0.29) is 18.2 Å². The second-order valence-corrected chi connectivity index (χ2v) is 3.97. The van der Waals surface area contributed by atoms with Crippen molar-refractivity contribution < 1.29 is 15.1 Å². The molecule has 0 radical (unpaired) electrons. The Morgan fingerprint density at radius 3 is 2.54 bits per heavy atom. The van der Waals surface area contributed by atoms with Gasteiger partial charge in [-0.1, -0.05) is 12.8 Å². The largest absolute Gasteiger partial charge is 0.391 e. The Balaban J connectivity index is 1.91. The minimum absolute atomic E-state index is 0.103. The fraction of sp³-hybridized carbons (Fsp3) is 1.00. The molecule has 2 rings (SSSR count). The van der Waals surface area contributed by atoms with Gasteiger partial charge < -0.3 is 10.2 Å². The Hall–Kier alpha value is -0.160. The van der Waals surface area contributed by atoms with Gasteiger partial charge in [0.2, 0.25) is 0 Å². The predicted molar refractivity (Wildman–Crippen MR) is 46.9 cm³/mol. The molecule has 2 N–H and O–H groups in total. The molecule has 0 aromatic heterocycles. The van der Waals surface area contributed by atoms with Gasteiger partial charge in [0.25, 0.3) is 0 Å². The van der Waals surface area contributed by atoms with E-state index in [1.165, 1.54) is 0 Å². The van der Waals surface area contributed by atoms with Crippen molar-refractivity contribution >= 4 is 0 Å². The van der Waals surface area contributed by atoms with E-state index in [4.69, 9.17) is 4.84 Å². The van der Waals surface area contributed by atoms with Crippen molar-refractivity contribution in [3.63, 3.8) is 0 Å². The first-order chi connectivity index (χ1) is 6.27. The minimum Gasteiger partial charge on any atom is -0.391 e. The quantitative estimate of drug-likeness (QED) is 0.602. The van der Waals surface area contributed by atoms with Crippen molar-refractivity contribution in [3.05, 3.63) is 0 Å². The zero-order chi connectivity index (χ0) is 9.26. The van der Waals surface area contributed by atoms with Gasteiger partial charge in [-0.2, -0.15) is 5.06 Å². The van der Waals surface area contributed by atoms with Gasteiger partial charge in [0.05, 0.1) is 31.4 Å². The normalized spacial score (nSPS) is 42.5. The number of aliphatic hydroxyl groups is 2. The molecule has 1 saturated heterocycles. The molecule has 2 fully saturated rings. The predicted octanol–water partition coefficient (Wildman–Crippen LogP) is -0.102. The van der Waals surface area contributed by atoms with E-state index in [0.717, 1.165) is 25.7 Å². The van der Waals surface area contributed by atoms with Crippen LogP contribution in [0.2, 0.25) is 0 Å². The summed E-state index contributed by atoms with van der Waals surface area (Å²) >= 11 is 0. The molecule has 0 amide bonds. The molecule has 0 bridgehead atoms. The summed E-state index contributed by atoms with van der Waals surface area (Å²) in [5.74, 6) is 0. The topological polar surface area (TPSA) is 52.9 Å². The van der Waals surface area contributed by atoms with Crippen LogP contribution in [0.4, 0.5) is 0 Å². The third-order valence-corrected chi connectivity index (χ3v) is 2.89. The number of β-amino-alcohol motifs (C(OH)–C–C–N with tert-alkyl or cyclic N) is 1. The van der Waals surface area contributed by atoms with Gasteiger partial charge in [0.15, 0.2) is 0 Å². The van der Waals surface area contributed by atoms with Crippen LogP contribution < -0.4 is 0 Å². The summed E-state index contributed by atoms with van der Waals surface area (Å²) in [5.41, 5.74) is 0. The van der Waals surface area contributed by atoms with Crippen LogP contribution in [-0.2, 0) is 4.84 Å². The van der Waals surface area contributed by atoms with Crippen LogP contribution in [0.25, 0.3) is 0 Å². The number of nitrogens with zero attached hydrogens (tertiary/aromatic N) is 1. The van der Waals surface area contributed by atoms with E-state index in [1.54, 1.807) is 5.06 Å². The molecule has 2 unspecified atom stereocenters. The lowest BCUT2D eigenvalue weighted by Gasteiger charge is -2.33. The lowest BCUT2D eigenvalue weighted by Crippen LogP contribution is -2.43. The summed E-state index contributed by atoms with van der Waals surface area (Å²) in [6, 6.07) is 0.103. The first-order valence-corrected chi connectivity index (χ1v) is 5.03. The highest BCUT2D eigenvalue weighted by Crippen LogP contribution is 2.25. The van der Waals surface area contributed by atoms with Crippen LogP contribution in [0, 0.1) is 0 Å². The molecule has 1 saturated carbocycles. The molecule has 13 heavy (non-hydrogen) atoms. The van der Waals surface area contributed by atoms with Crippen molar-refractivity contribution in [2.45, 2.75) is 43.9 Å². The van der Waals surface area contributed by atoms with Gasteiger partial charge in [0.1, 0.15) is 0 Å². The van der Waals surface area contributed by atoms with Crippen molar-refractivity contribution in [2.24, 2.45) is 0 Å². The fourth-order valence-electron chi connectivity index (χ4n) is 2.15. The standard InChI is InChI=1S/C9H17NO3/c11-7-5-10(13-6-7)8-3-1-2-4-9(8)12/h7-9,11-12H,1-6H2/t7-,8?,9?/m1/s1. The molecule has 4 heteroatoms. The maximum atomic E-state index is 9.71. The molecular weight excluding hydrogens is 170 g/mol. The average molecular weight is 187 g/mol. The Labute approximate surface area is 78.1 Å². The molecule has 0 spiro atoms. The smallest absolute Gasteiger partial charge is 0.0958 e. The molecule has 0 aromatic rings. The first-order valence-electron chi connectivity index (χ1n) is 5.03.